The molecule has 0 aliphatic carbocycles. The first-order chi connectivity index (χ1) is 8.29. The lowest BCUT2D eigenvalue weighted by molar-refractivity contribution is 0.0255. The molecule has 1 aromatic carbocycles. The number of rotatable bonds is 4. The fraction of sp³-hybridized carbons (Fsp3) is 0.571. The lowest BCUT2D eigenvalue weighted by atomic mass is 10.1. The van der Waals surface area contributed by atoms with Crippen LogP contribution in [0.2, 0.25) is 0 Å². The molecule has 1 saturated heterocycles. The summed E-state index contributed by atoms with van der Waals surface area (Å²) in [5, 5.41) is 0. The lowest BCUT2D eigenvalue weighted by Crippen LogP contribution is -2.25. The molecule has 0 aromatic heterocycles. The highest BCUT2D eigenvalue weighted by atomic mass is 16.5. The number of hydrogen-bond acceptors (Lipinski definition) is 3. The molecule has 0 bridgehead atoms. The summed E-state index contributed by atoms with van der Waals surface area (Å²) < 4.78 is 11.3. The molecule has 2 rings (SSSR count). The van der Waals surface area contributed by atoms with E-state index in [0.717, 1.165) is 43.8 Å². The highest BCUT2D eigenvalue weighted by Crippen LogP contribution is 2.22. The number of hydrogen-bond donors (Lipinski definition) is 1. The Morgan fingerprint density at radius 3 is 2.88 bits per heavy atom. The van der Waals surface area contributed by atoms with Crippen molar-refractivity contribution in [3.63, 3.8) is 0 Å². The molecule has 1 aromatic rings. The molecule has 1 aliphatic heterocycles. The van der Waals surface area contributed by atoms with Gasteiger partial charge in [0, 0.05) is 18.9 Å². The summed E-state index contributed by atoms with van der Waals surface area (Å²) in [7, 11) is 0. The minimum Gasteiger partial charge on any atom is -0.490 e. The van der Waals surface area contributed by atoms with Gasteiger partial charge in [0.2, 0.25) is 0 Å². The van der Waals surface area contributed by atoms with E-state index < -0.39 is 0 Å². The van der Waals surface area contributed by atoms with E-state index in [-0.39, 0.29) is 12.1 Å². The van der Waals surface area contributed by atoms with Crippen LogP contribution in [0.5, 0.6) is 5.75 Å². The first kappa shape index (κ1) is 12.4. The van der Waals surface area contributed by atoms with E-state index in [2.05, 4.69) is 19.1 Å². The van der Waals surface area contributed by atoms with Gasteiger partial charge in [0.25, 0.3) is 0 Å². The van der Waals surface area contributed by atoms with Crippen molar-refractivity contribution in [1.29, 1.82) is 0 Å². The maximum absolute atomic E-state index is 6.02. The SMILES string of the molecule is CCC(N)c1cccc(OC2CCOCC2)c1. The molecule has 94 valence electrons. The summed E-state index contributed by atoms with van der Waals surface area (Å²) in [6, 6.07) is 8.24. The van der Waals surface area contributed by atoms with Crippen molar-refractivity contribution < 1.29 is 9.47 Å². The van der Waals surface area contributed by atoms with E-state index in [1.807, 2.05) is 12.1 Å². The van der Waals surface area contributed by atoms with Crippen LogP contribution >= 0.6 is 0 Å². The van der Waals surface area contributed by atoms with E-state index in [9.17, 15) is 0 Å². The Bertz CT molecular complexity index is 348. The van der Waals surface area contributed by atoms with Crippen LogP contribution in [0.1, 0.15) is 37.8 Å². The summed E-state index contributed by atoms with van der Waals surface area (Å²) in [6.07, 6.45) is 3.19. The molecule has 0 amide bonds. The lowest BCUT2D eigenvalue weighted by Gasteiger charge is -2.23. The topological polar surface area (TPSA) is 44.5 Å². The summed E-state index contributed by atoms with van der Waals surface area (Å²) in [5.41, 5.74) is 7.17. The molecular weight excluding hydrogens is 214 g/mol. The monoisotopic (exact) mass is 235 g/mol. The van der Waals surface area contributed by atoms with E-state index in [0.29, 0.717) is 0 Å². The van der Waals surface area contributed by atoms with E-state index >= 15 is 0 Å². The molecule has 17 heavy (non-hydrogen) atoms. The second kappa shape index (κ2) is 6.03. The number of nitrogens with two attached hydrogens (primary N) is 1. The van der Waals surface area contributed by atoms with Crippen LogP contribution in [-0.2, 0) is 4.74 Å². The van der Waals surface area contributed by atoms with Gasteiger partial charge in [0.15, 0.2) is 0 Å². The van der Waals surface area contributed by atoms with Crippen molar-refractivity contribution in [2.24, 2.45) is 5.73 Å². The standard InChI is InChI=1S/C14H21NO2/c1-2-14(15)11-4-3-5-13(10-11)17-12-6-8-16-9-7-12/h3-5,10,12,14H,2,6-9,15H2,1H3. The van der Waals surface area contributed by atoms with Crippen molar-refractivity contribution >= 4 is 0 Å². The van der Waals surface area contributed by atoms with Gasteiger partial charge in [-0.05, 0) is 24.1 Å². The zero-order valence-corrected chi connectivity index (χ0v) is 10.4. The van der Waals surface area contributed by atoms with Gasteiger partial charge in [-0.15, -0.1) is 0 Å². The Kier molecular flexibility index (Phi) is 4.40. The van der Waals surface area contributed by atoms with Crippen molar-refractivity contribution in [3.8, 4) is 5.75 Å². The average Bonchev–Trinajstić information content (AvgIpc) is 2.39. The van der Waals surface area contributed by atoms with Gasteiger partial charge < -0.3 is 15.2 Å². The Morgan fingerprint density at radius 2 is 2.18 bits per heavy atom. The maximum atomic E-state index is 6.02. The molecule has 1 fully saturated rings. The van der Waals surface area contributed by atoms with Crippen molar-refractivity contribution in [2.45, 2.75) is 38.3 Å². The third kappa shape index (κ3) is 3.45. The van der Waals surface area contributed by atoms with Crippen LogP contribution in [0.25, 0.3) is 0 Å². The van der Waals surface area contributed by atoms with Crippen LogP contribution in [-0.4, -0.2) is 19.3 Å². The Balaban J connectivity index is 2.00. The fourth-order valence-corrected chi connectivity index (χ4v) is 2.04. The van der Waals surface area contributed by atoms with Crippen molar-refractivity contribution in [2.75, 3.05) is 13.2 Å². The number of ether oxygens (including phenoxy) is 2. The van der Waals surface area contributed by atoms with Crippen LogP contribution < -0.4 is 10.5 Å². The Labute approximate surface area is 103 Å². The van der Waals surface area contributed by atoms with E-state index in [1.165, 1.54) is 0 Å². The number of benzene rings is 1. The normalized spacial score (nSPS) is 18.9. The predicted molar refractivity (Wildman–Crippen MR) is 68.1 cm³/mol. The first-order valence-electron chi connectivity index (χ1n) is 6.39. The second-order valence-electron chi connectivity index (χ2n) is 4.52. The summed E-state index contributed by atoms with van der Waals surface area (Å²) >= 11 is 0. The van der Waals surface area contributed by atoms with Gasteiger partial charge in [0.05, 0.1) is 13.2 Å². The highest BCUT2D eigenvalue weighted by Gasteiger charge is 2.15. The van der Waals surface area contributed by atoms with Gasteiger partial charge in [0.1, 0.15) is 11.9 Å². The van der Waals surface area contributed by atoms with Gasteiger partial charge in [-0.25, -0.2) is 0 Å². The molecule has 1 atom stereocenters. The molecule has 1 aliphatic rings. The average molecular weight is 235 g/mol. The largest absolute Gasteiger partial charge is 0.490 e. The maximum Gasteiger partial charge on any atom is 0.120 e. The second-order valence-corrected chi connectivity index (χ2v) is 4.52. The van der Waals surface area contributed by atoms with Crippen molar-refractivity contribution in [1.82, 2.24) is 0 Å². The van der Waals surface area contributed by atoms with Gasteiger partial charge in [-0.3, -0.25) is 0 Å². The zero-order chi connectivity index (χ0) is 12.1. The van der Waals surface area contributed by atoms with E-state index in [4.69, 9.17) is 15.2 Å². The van der Waals surface area contributed by atoms with Gasteiger partial charge in [-0.2, -0.15) is 0 Å². The van der Waals surface area contributed by atoms with Crippen LogP contribution in [0.3, 0.4) is 0 Å². The molecule has 2 N–H and O–H groups in total. The summed E-state index contributed by atoms with van der Waals surface area (Å²) in [4.78, 5) is 0. The smallest absolute Gasteiger partial charge is 0.120 e. The minimum atomic E-state index is 0.105. The van der Waals surface area contributed by atoms with Gasteiger partial charge in [-0.1, -0.05) is 19.1 Å². The Morgan fingerprint density at radius 1 is 1.41 bits per heavy atom. The van der Waals surface area contributed by atoms with Crippen LogP contribution in [0.4, 0.5) is 0 Å². The third-order valence-electron chi connectivity index (χ3n) is 3.20. The summed E-state index contributed by atoms with van der Waals surface area (Å²) in [6.45, 7) is 3.70. The third-order valence-corrected chi connectivity index (χ3v) is 3.20. The minimum absolute atomic E-state index is 0.105. The van der Waals surface area contributed by atoms with E-state index in [1.54, 1.807) is 0 Å². The van der Waals surface area contributed by atoms with Gasteiger partial charge >= 0.3 is 0 Å². The molecule has 1 heterocycles. The molecule has 0 saturated carbocycles. The molecule has 0 spiro atoms. The zero-order valence-electron chi connectivity index (χ0n) is 10.4. The van der Waals surface area contributed by atoms with Crippen LogP contribution in [0, 0.1) is 0 Å². The van der Waals surface area contributed by atoms with Crippen LogP contribution in [0.15, 0.2) is 24.3 Å². The molecule has 1 unspecified atom stereocenters. The highest BCUT2D eigenvalue weighted by molar-refractivity contribution is 5.30. The molecular formula is C14H21NO2. The summed E-state index contributed by atoms with van der Waals surface area (Å²) in [5.74, 6) is 0.929. The quantitative estimate of drug-likeness (QED) is 0.872. The predicted octanol–water partition coefficient (Wildman–Crippen LogP) is 2.65. The fourth-order valence-electron chi connectivity index (χ4n) is 2.04. The first-order valence-corrected chi connectivity index (χ1v) is 6.39. The Hall–Kier alpha value is -1.06. The van der Waals surface area contributed by atoms with Crippen molar-refractivity contribution in [3.05, 3.63) is 29.8 Å². The molecule has 3 nitrogen and oxygen atoms in total. The molecule has 3 heteroatoms. The molecule has 0 radical (unpaired) electrons.